The molecule has 1 aromatic rings. The largest absolute Gasteiger partial charge is 0.380 e. The molecule has 1 fully saturated rings. The minimum atomic E-state index is -0.198. The zero-order chi connectivity index (χ0) is 12.4. The average Bonchev–Trinajstić information content (AvgIpc) is 2.77. The second-order valence-electron chi connectivity index (χ2n) is 4.59. The van der Waals surface area contributed by atoms with Crippen molar-refractivity contribution in [2.75, 3.05) is 25.1 Å². The first-order valence-corrected chi connectivity index (χ1v) is 5.94. The summed E-state index contributed by atoms with van der Waals surface area (Å²) in [5, 5.41) is 0. The fourth-order valence-corrected chi connectivity index (χ4v) is 2.20. The number of halogens is 1. The molecule has 0 bridgehead atoms. The van der Waals surface area contributed by atoms with Gasteiger partial charge in [0.1, 0.15) is 5.82 Å². The molecule has 4 heteroatoms. The Hall–Kier alpha value is -1.13. The van der Waals surface area contributed by atoms with Crippen LogP contribution in [0.4, 0.5) is 10.1 Å². The topological polar surface area (TPSA) is 38.5 Å². The summed E-state index contributed by atoms with van der Waals surface area (Å²) >= 11 is 0. The SMILES string of the molecule is COC1CCN(c2ccc(C(C)N)cc2F)C1. The first-order valence-electron chi connectivity index (χ1n) is 5.94. The van der Waals surface area contributed by atoms with E-state index in [1.807, 2.05) is 24.0 Å². The molecule has 1 aliphatic rings. The average molecular weight is 238 g/mol. The molecule has 0 saturated carbocycles. The molecule has 1 saturated heterocycles. The highest BCUT2D eigenvalue weighted by Gasteiger charge is 2.24. The standard InChI is InChI=1S/C13H19FN2O/c1-9(15)10-3-4-13(12(14)7-10)16-6-5-11(8-16)17-2/h3-4,7,9,11H,5-6,8,15H2,1-2H3. The van der Waals surface area contributed by atoms with Gasteiger partial charge in [0.25, 0.3) is 0 Å². The van der Waals surface area contributed by atoms with Crippen LogP contribution in [0.25, 0.3) is 0 Å². The molecule has 1 aliphatic heterocycles. The maximum absolute atomic E-state index is 14.0. The highest BCUT2D eigenvalue weighted by atomic mass is 19.1. The quantitative estimate of drug-likeness (QED) is 0.876. The van der Waals surface area contributed by atoms with Crippen LogP contribution in [0.3, 0.4) is 0 Å². The van der Waals surface area contributed by atoms with Gasteiger partial charge in [0.15, 0.2) is 0 Å². The lowest BCUT2D eigenvalue weighted by Crippen LogP contribution is -2.23. The Kier molecular flexibility index (Phi) is 3.64. The number of rotatable bonds is 3. The van der Waals surface area contributed by atoms with Gasteiger partial charge in [-0.2, -0.15) is 0 Å². The van der Waals surface area contributed by atoms with Crippen LogP contribution in [0, 0.1) is 5.82 Å². The predicted octanol–water partition coefficient (Wildman–Crippen LogP) is 2.07. The first kappa shape index (κ1) is 12.3. The maximum atomic E-state index is 14.0. The Morgan fingerprint density at radius 3 is 2.82 bits per heavy atom. The molecule has 3 nitrogen and oxygen atoms in total. The minimum absolute atomic E-state index is 0.135. The summed E-state index contributed by atoms with van der Waals surface area (Å²) in [4.78, 5) is 2.02. The Morgan fingerprint density at radius 2 is 2.29 bits per heavy atom. The molecule has 2 N–H and O–H groups in total. The van der Waals surface area contributed by atoms with Crippen molar-refractivity contribution in [2.45, 2.75) is 25.5 Å². The van der Waals surface area contributed by atoms with Crippen molar-refractivity contribution in [1.29, 1.82) is 0 Å². The van der Waals surface area contributed by atoms with E-state index in [4.69, 9.17) is 10.5 Å². The maximum Gasteiger partial charge on any atom is 0.146 e. The lowest BCUT2D eigenvalue weighted by Gasteiger charge is -2.20. The third kappa shape index (κ3) is 2.58. The van der Waals surface area contributed by atoms with Crippen LogP contribution in [0.2, 0.25) is 0 Å². The van der Waals surface area contributed by atoms with E-state index >= 15 is 0 Å². The molecule has 17 heavy (non-hydrogen) atoms. The van der Waals surface area contributed by atoms with Crippen LogP contribution in [-0.4, -0.2) is 26.3 Å². The first-order chi connectivity index (χ1) is 8.11. The Morgan fingerprint density at radius 1 is 1.53 bits per heavy atom. The van der Waals surface area contributed by atoms with Crippen molar-refractivity contribution in [3.8, 4) is 0 Å². The van der Waals surface area contributed by atoms with Crippen molar-refractivity contribution >= 4 is 5.69 Å². The van der Waals surface area contributed by atoms with Gasteiger partial charge in [0.05, 0.1) is 11.8 Å². The minimum Gasteiger partial charge on any atom is -0.380 e. The van der Waals surface area contributed by atoms with Gasteiger partial charge < -0.3 is 15.4 Å². The molecule has 0 radical (unpaired) electrons. The van der Waals surface area contributed by atoms with E-state index in [1.165, 1.54) is 6.07 Å². The van der Waals surface area contributed by atoms with E-state index in [0.29, 0.717) is 5.69 Å². The molecule has 0 aromatic heterocycles. The van der Waals surface area contributed by atoms with E-state index in [-0.39, 0.29) is 18.0 Å². The number of nitrogens with two attached hydrogens (primary N) is 1. The molecule has 2 rings (SSSR count). The van der Waals surface area contributed by atoms with Crippen molar-refractivity contribution < 1.29 is 9.13 Å². The van der Waals surface area contributed by atoms with Crippen molar-refractivity contribution in [3.63, 3.8) is 0 Å². The van der Waals surface area contributed by atoms with Crippen LogP contribution in [0.1, 0.15) is 24.9 Å². The van der Waals surface area contributed by atoms with Gasteiger partial charge in [-0.3, -0.25) is 0 Å². The molecule has 0 amide bonds. The van der Waals surface area contributed by atoms with Crippen molar-refractivity contribution in [1.82, 2.24) is 0 Å². The van der Waals surface area contributed by atoms with Crippen LogP contribution < -0.4 is 10.6 Å². The number of hydrogen-bond acceptors (Lipinski definition) is 3. The monoisotopic (exact) mass is 238 g/mol. The summed E-state index contributed by atoms with van der Waals surface area (Å²) < 4.78 is 19.2. The summed E-state index contributed by atoms with van der Waals surface area (Å²) in [5.74, 6) is -0.198. The molecule has 2 unspecified atom stereocenters. The molecular formula is C13H19FN2O. The fourth-order valence-electron chi connectivity index (χ4n) is 2.20. The molecular weight excluding hydrogens is 219 g/mol. The third-order valence-corrected chi connectivity index (χ3v) is 3.32. The number of benzene rings is 1. The van der Waals surface area contributed by atoms with E-state index in [0.717, 1.165) is 25.1 Å². The molecule has 2 atom stereocenters. The zero-order valence-corrected chi connectivity index (χ0v) is 10.3. The summed E-state index contributed by atoms with van der Waals surface area (Å²) in [6.07, 6.45) is 1.16. The van der Waals surface area contributed by atoms with Crippen LogP contribution in [-0.2, 0) is 4.74 Å². The van der Waals surface area contributed by atoms with Gasteiger partial charge in [0, 0.05) is 26.2 Å². The highest BCUT2D eigenvalue weighted by Crippen LogP contribution is 2.26. The molecule has 0 aliphatic carbocycles. The summed E-state index contributed by atoms with van der Waals surface area (Å²) in [6, 6.07) is 5.10. The van der Waals surface area contributed by atoms with Crippen molar-refractivity contribution in [3.05, 3.63) is 29.6 Å². The smallest absolute Gasteiger partial charge is 0.146 e. The van der Waals surface area contributed by atoms with Gasteiger partial charge in [-0.15, -0.1) is 0 Å². The van der Waals surface area contributed by atoms with E-state index in [9.17, 15) is 4.39 Å². The molecule has 94 valence electrons. The molecule has 1 heterocycles. The van der Waals surface area contributed by atoms with Gasteiger partial charge in [-0.25, -0.2) is 4.39 Å². The summed E-state index contributed by atoms with van der Waals surface area (Å²) in [5.41, 5.74) is 7.20. The molecule has 1 aromatic carbocycles. The molecule has 0 spiro atoms. The van der Waals surface area contributed by atoms with Crippen LogP contribution >= 0.6 is 0 Å². The van der Waals surface area contributed by atoms with E-state index in [1.54, 1.807) is 7.11 Å². The predicted molar refractivity (Wildman–Crippen MR) is 66.6 cm³/mol. The highest BCUT2D eigenvalue weighted by molar-refractivity contribution is 5.50. The summed E-state index contributed by atoms with van der Waals surface area (Å²) in [6.45, 7) is 3.45. The lowest BCUT2D eigenvalue weighted by molar-refractivity contribution is 0.121. The Labute approximate surface area is 101 Å². The van der Waals surface area contributed by atoms with Gasteiger partial charge in [-0.05, 0) is 31.0 Å². The van der Waals surface area contributed by atoms with E-state index < -0.39 is 0 Å². The summed E-state index contributed by atoms with van der Waals surface area (Å²) in [7, 11) is 1.70. The number of ether oxygens (including phenoxy) is 1. The number of nitrogens with zero attached hydrogens (tertiary/aromatic N) is 1. The van der Waals surface area contributed by atoms with Crippen LogP contribution in [0.5, 0.6) is 0 Å². The third-order valence-electron chi connectivity index (χ3n) is 3.32. The number of methoxy groups -OCH3 is 1. The number of hydrogen-bond donors (Lipinski definition) is 1. The van der Waals surface area contributed by atoms with Gasteiger partial charge in [-0.1, -0.05) is 6.07 Å². The Balaban J connectivity index is 2.17. The Bertz CT molecular complexity index is 395. The normalized spacial score (nSPS) is 21.9. The fraction of sp³-hybridized carbons (Fsp3) is 0.538. The second-order valence-corrected chi connectivity index (χ2v) is 4.59. The van der Waals surface area contributed by atoms with Gasteiger partial charge >= 0.3 is 0 Å². The number of anilines is 1. The van der Waals surface area contributed by atoms with Gasteiger partial charge in [0.2, 0.25) is 0 Å². The van der Waals surface area contributed by atoms with Crippen molar-refractivity contribution in [2.24, 2.45) is 5.73 Å². The van der Waals surface area contributed by atoms with E-state index in [2.05, 4.69) is 0 Å². The lowest BCUT2D eigenvalue weighted by atomic mass is 10.1. The van der Waals surface area contributed by atoms with Crippen LogP contribution in [0.15, 0.2) is 18.2 Å². The second kappa shape index (κ2) is 5.02. The zero-order valence-electron chi connectivity index (χ0n) is 10.3.